The van der Waals surface area contributed by atoms with E-state index in [1.807, 2.05) is 0 Å². The van der Waals surface area contributed by atoms with Gasteiger partial charge in [-0.1, -0.05) is 29.9 Å². The van der Waals surface area contributed by atoms with Crippen molar-refractivity contribution in [3.05, 3.63) is 35.5 Å². The van der Waals surface area contributed by atoms with Crippen LogP contribution in [0.5, 0.6) is 0 Å². The Kier molecular flexibility index (Phi) is 1.68. The summed E-state index contributed by atoms with van der Waals surface area (Å²) >= 11 is 0. The highest BCUT2D eigenvalue weighted by Crippen LogP contribution is 2.44. The molecule has 3 rings (SSSR count). The molecule has 0 heteroatoms. The third-order valence-corrected chi connectivity index (χ3v) is 3.81. The van der Waals surface area contributed by atoms with E-state index in [0.717, 1.165) is 11.8 Å². The smallest absolute Gasteiger partial charge is 0.0127 e. The van der Waals surface area contributed by atoms with Gasteiger partial charge in [-0.3, -0.25) is 0 Å². The summed E-state index contributed by atoms with van der Waals surface area (Å²) in [6.07, 6.45) is 16.3. The van der Waals surface area contributed by atoms with Crippen molar-refractivity contribution in [2.24, 2.45) is 11.8 Å². The molecule has 3 aliphatic rings. The Morgan fingerprint density at radius 1 is 1.15 bits per heavy atom. The van der Waals surface area contributed by atoms with Gasteiger partial charge in [0.2, 0.25) is 0 Å². The van der Waals surface area contributed by atoms with Crippen molar-refractivity contribution in [1.29, 1.82) is 0 Å². The Hall–Kier alpha value is -0.780. The van der Waals surface area contributed by atoms with Crippen molar-refractivity contribution < 1.29 is 0 Å². The monoisotopic (exact) mass is 172 g/mol. The molecule has 68 valence electrons. The third kappa shape index (κ3) is 1.12. The van der Waals surface area contributed by atoms with Crippen molar-refractivity contribution in [2.45, 2.75) is 32.1 Å². The molecule has 0 amide bonds. The van der Waals surface area contributed by atoms with Gasteiger partial charge in [-0.25, -0.2) is 0 Å². The molecule has 0 saturated heterocycles. The van der Waals surface area contributed by atoms with Crippen LogP contribution in [-0.2, 0) is 0 Å². The van der Waals surface area contributed by atoms with Crippen LogP contribution in [0.1, 0.15) is 32.1 Å². The normalized spacial score (nSPS) is 36.3. The fraction of sp³-hybridized carbons (Fsp3) is 0.538. The van der Waals surface area contributed by atoms with E-state index in [2.05, 4.69) is 24.3 Å². The van der Waals surface area contributed by atoms with Crippen LogP contribution in [0.15, 0.2) is 35.5 Å². The van der Waals surface area contributed by atoms with Crippen molar-refractivity contribution in [1.82, 2.24) is 0 Å². The van der Waals surface area contributed by atoms with Crippen LogP contribution in [0.4, 0.5) is 0 Å². The fourth-order valence-electron chi connectivity index (χ4n) is 3.15. The molecule has 0 heterocycles. The molecule has 0 fully saturated rings. The van der Waals surface area contributed by atoms with Gasteiger partial charge in [0.25, 0.3) is 0 Å². The average Bonchev–Trinajstić information content (AvgIpc) is 2.65. The standard InChI is InChI=1S/C13H16/c1-2-6-12-10(4-1)8-9-11-5-3-7-13(11)12/h1,3-5,10,12H,2,6-9H2. The van der Waals surface area contributed by atoms with E-state index in [0.29, 0.717) is 0 Å². The first-order chi connectivity index (χ1) is 6.45. The summed E-state index contributed by atoms with van der Waals surface area (Å²) in [6.45, 7) is 0. The molecule has 2 unspecified atom stereocenters. The molecular formula is C13H16. The fourth-order valence-corrected chi connectivity index (χ4v) is 3.15. The van der Waals surface area contributed by atoms with Crippen LogP contribution < -0.4 is 0 Å². The maximum absolute atomic E-state index is 2.47. The van der Waals surface area contributed by atoms with Gasteiger partial charge in [0, 0.05) is 0 Å². The summed E-state index contributed by atoms with van der Waals surface area (Å²) in [5.41, 5.74) is 3.46. The lowest BCUT2D eigenvalue weighted by molar-refractivity contribution is 0.363. The lowest BCUT2D eigenvalue weighted by Gasteiger charge is -2.34. The molecule has 2 atom stereocenters. The van der Waals surface area contributed by atoms with Crippen LogP contribution in [0, 0.1) is 11.8 Å². The second kappa shape index (κ2) is 2.87. The maximum atomic E-state index is 2.47. The number of fused-ring (bicyclic) bond motifs is 2. The summed E-state index contributed by atoms with van der Waals surface area (Å²) < 4.78 is 0. The zero-order valence-electron chi connectivity index (χ0n) is 8.00. The summed E-state index contributed by atoms with van der Waals surface area (Å²) in [4.78, 5) is 0. The predicted molar refractivity (Wildman–Crippen MR) is 55.4 cm³/mol. The van der Waals surface area contributed by atoms with Gasteiger partial charge in [-0.15, -0.1) is 0 Å². The number of hydrogen-bond donors (Lipinski definition) is 0. The molecule has 0 radical (unpaired) electrons. The Bertz CT molecular complexity index is 304. The van der Waals surface area contributed by atoms with Gasteiger partial charge in [-0.2, -0.15) is 0 Å². The van der Waals surface area contributed by atoms with E-state index in [9.17, 15) is 0 Å². The zero-order chi connectivity index (χ0) is 8.67. The van der Waals surface area contributed by atoms with Crippen LogP contribution >= 0.6 is 0 Å². The van der Waals surface area contributed by atoms with E-state index in [1.165, 1.54) is 32.1 Å². The lowest BCUT2D eigenvalue weighted by atomic mass is 9.71. The van der Waals surface area contributed by atoms with Crippen molar-refractivity contribution in [3.8, 4) is 0 Å². The predicted octanol–water partition coefficient (Wildman–Crippen LogP) is 3.62. The molecule has 0 aromatic rings. The zero-order valence-corrected chi connectivity index (χ0v) is 8.00. The molecule has 0 spiro atoms. The Morgan fingerprint density at radius 3 is 3.15 bits per heavy atom. The minimum atomic E-state index is 0.882. The Balaban J connectivity index is 1.95. The SMILES string of the molecule is C1=CC2CCC3=C(CC=C3)C2CC1. The van der Waals surface area contributed by atoms with Crippen molar-refractivity contribution in [2.75, 3.05) is 0 Å². The van der Waals surface area contributed by atoms with Crippen LogP contribution in [0.2, 0.25) is 0 Å². The maximum Gasteiger partial charge on any atom is -0.0127 e. The second-order valence-electron chi connectivity index (χ2n) is 4.47. The number of allylic oxidation sites excluding steroid dienone is 6. The molecule has 0 bridgehead atoms. The van der Waals surface area contributed by atoms with E-state index in [-0.39, 0.29) is 0 Å². The first-order valence-corrected chi connectivity index (χ1v) is 5.50. The molecule has 0 nitrogen and oxygen atoms in total. The highest BCUT2D eigenvalue weighted by Gasteiger charge is 2.31. The van der Waals surface area contributed by atoms with Gasteiger partial charge < -0.3 is 0 Å². The van der Waals surface area contributed by atoms with Crippen LogP contribution in [0.3, 0.4) is 0 Å². The summed E-state index contributed by atoms with van der Waals surface area (Å²) in [5, 5.41) is 0. The molecule has 3 aliphatic carbocycles. The highest BCUT2D eigenvalue weighted by molar-refractivity contribution is 5.38. The van der Waals surface area contributed by atoms with E-state index < -0.39 is 0 Å². The van der Waals surface area contributed by atoms with Crippen molar-refractivity contribution in [3.63, 3.8) is 0 Å². The van der Waals surface area contributed by atoms with Crippen LogP contribution in [0.25, 0.3) is 0 Å². The number of hydrogen-bond acceptors (Lipinski definition) is 0. The van der Waals surface area contributed by atoms with Crippen LogP contribution in [-0.4, -0.2) is 0 Å². The van der Waals surface area contributed by atoms with Gasteiger partial charge in [0.1, 0.15) is 0 Å². The molecule has 0 N–H and O–H groups in total. The minimum absolute atomic E-state index is 0.882. The lowest BCUT2D eigenvalue weighted by Crippen LogP contribution is -2.22. The molecular weight excluding hydrogens is 156 g/mol. The molecule has 13 heavy (non-hydrogen) atoms. The summed E-state index contributed by atoms with van der Waals surface area (Å²) in [5.74, 6) is 1.79. The molecule has 0 aromatic carbocycles. The molecule has 0 aromatic heterocycles. The number of rotatable bonds is 0. The molecule has 0 aliphatic heterocycles. The largest absolute Gasteiger partial charge is 0.0882 e. The quantitative estimate of drug-likeness (QED) is 0.489. The van der Waals surface area contributed by atoms with E-state index in [1.54, 1.807) is 11.1 Å². The van der Waals surface area contributed by atoms with Gasteiger partial charge >= 0.3 is 0 Å². The van der Waals surface area contributed by atoms with E-state index in [4.69, 9.17) is 0 Å². The topological polar surface area (TPSA) is 0 Å². The van der Waals surface area contributed by atoms with E-state index >= 15 is 0 Å². The van der Waals surface area contributed by atoms with Crippen molar-refractivity contribution >= 4 is 0 Å². The van der Waals surface area contributed by atoms with Gasteiger partial charge in [0.05, 0.1) is 0 Å². The summed E-state index contributed by atoms with van der Waals surface area (Å²) in [7, 11) is 0. The third-order valence-electron chi connectivity index (χ3n) is 3.81. The molecule has 0 saturated carbocycles. The highest BCUT2D eigenvalue weighted by atomic mass is 14.4. The Morgan fingerprint density at radius 2 is 2.15 bits per heavy atom. The first kappa shape index (κ1) is 7.61. The minimum Gasteiger partial charge on any atom is -0.0882 e. The first-order valence-electron chi connectivity index (χ1n) is 5.50. The second-order valence-corrected chi connectivity index (χ2v) is 4.47. The van der Waals surface area contributed by atoms with Gasteiger partial charge in [-0.05, 0) is 49.5 Å². The Labute approximate surface area is 80.0 Å². The van der Waals surface area contributed by atoms with Gasteiger partial charge in [0.15, 0.2) is 0 Å². The average molecular weight is 172 g/mol. The summed E-state index contributed by atoms with van der Waals surface area (Å²) in [6, 6.07) is 0.